The highest BCUT2D eigenvalue weighted by atomic mass is 127. The van der Waals surface area contributed by atoms with Gasteiger partial charge in [0.1, 0.15) is 0 Å². The minimum absolute atomic E-state index is 0. The molecule has 0 aromatic heterocycles. The molecule has 0 unspecified atom stereocenters. The third-order valence-electron chi connectivity index (χ3n) is 4.34. The number of aliphatic imine (C=N–C) groups is 1. The highest BCUT2D eigenvalue weighted by Crippen LogP contribution is 2.28. The molecule has 0 atom stereocenters. The summed E-state index contributed by atoms with van der Waals surface area (Å²) >= 11 is 0. The lowest BCUT2D eigenvalue weighted by molar-refractivity contribution is 0.115. The summed E-state index contributed by atoms with van der Waals surface area (Å²) in [7, 11) is 7.14. The lowest BCUT2D eigenvalue weighted by Gasteiger charge is -2.22. The number of likely N-dealkylation sites (N-methyl/N-ethyl adjacent to an activating group) is 1. The zero-order valence-electron chi connectivity index (χ0n) is 16.3. The summed E-state index contributed by atoms with van der Waals surface area (Å²) in [5, 5.41) is 3.39. The van der Waals surface area contributed by atoms with Crippen LogP contribution in [0.1, 0.15) is 18.4 Å². The number of benzene rings is 1. The molecule has 0 aliphatic heterocycles. The van der Waals surface area contributed by atoms with Crippen LogP contribution in [0.4, 0.5) is 0 Å². The smallest absolute Gasteiger partial charge is 0.193 e. The molecular formula is C19H32IN3O3. The Hall–Kier alpha value is -1.22. The molecule has 0 bridgehead atoms. The minimum atomic E-state index is 0. The molecule has 7 heteroatoms. The molecule has 1 aromatic rings. The zero-order chi connectivity index (χ0) is 18.1. The molecule has 26 heavy (non-hydrogen) atoms. The minimum Gasteiger partial charge on any atom is -0.493 e. The maximum Gasteiger partial charge on any atom is 0.193 e. The number of halogens is 1. The molecule has 1 saturated carbocycles. The van der Waals surface area contributed by atoms with Gasteiger partial charge >= 0.3 is 0 Å². The van der Waals surface area contributed by atoms with Gasteiger partial charge in [0, 0.05) is 33.8 Å². The molecule has 0 radical (unpaired) electrons. The van der Waals surface area contributed by atoms with Crippen molar-refractivity contribution in [2.24, 2.45) is 10.9 Å². The summed E-state index contributed by atoms with van der Waals surface area (Å²) < 4.78 is 16.3. The molecule has 1 aliphatic rings. The fourth-order valence-electron chi connectivity index (χ4n) is 2.58. The van der Waals surface area contributed by atoms with Crippen molar-refractivity contribution in [1.82, 2.24) is 10.2 Å². The van der Waals surface area contributed by atoms with Crippen LogP contribution in [0.5, 0.6) is 11.5 Å². The van der Waals surface area contributed by atoms with E-state index in [2.05, 4.69) is 21.3 Å². The molecule has 0 saturated heterocycles. The number of hydrogen-bond acceptors (Lipinski definition) is 4. The van der Waals surface area contributed by atoms with Crippen LogP contribution in [-0.4, -0.2) is 65.5 Å². The lowest BCUT2D eigenvalue weighted by atomic mass is 10.1. The van der Waals surface area contributed by atoms with Crippen LogP contribution in [0.2, 0.25) is 0 Å². The van der Waals surface area contributed by atoms with Gasteiger partial charge in [-0.3, -0.25) is 4.99 Å². The van der Waals surface area contributed by atoms with Crippen LogP contribution in [0.25, 0.3) is 0 Å². The van der Waals surface area contributed by atoms with Crippen LogP contribution >= 0.6 is 24.0 Å². The van der Waals surface area contributed by atoms with Crippen molar-refractivity contribution in [3.8, 4) is 11.5 Å². The average Bonchev–Trinajstić information content (AvgIpc) is 3.46. The molecular weight excluding hydrogens is 445 g/mol. The van der Waals surface area contributed by atoms with E-state index in [1.807, 2.05) is 19.2 Å². The quantitative estimate of drug-likeness (QED) is 0.243. The number of ether oxygens (including phenoxy) is 3. The molecule has 1 aliphatic carbocycles. The first-order chi connectivity index (χ1) is 12.2. The second kappa shape index (κ2) is 12.2. The van der Waals surface area contributed by atoms with Gasteiger partial charge in [0.15, 0.2) is 17.5 Å². The molecule has 2 rings (SSSR count). The van der Waals surface area contributed by atoms with Gasteiger partial charge in [-0.25, -0.2) is 0 Å². The Morgan fingerprint density at radius 3 is 2.58 bits per heavy atom. The molecule has 1 N–H and O–H groups in total. The van der Waals surface area contributed by atoms with Gasteiger partial charge in [0.05, 0.1) is 20.8 Å². The SMILES string of the molecule is CN=C(NCCc1ccc(OC)c(OC)c1)N(C)CCOCC1CC1.I. The van der Waals surface area contributed by atoms with E-state index in [1.54, 1.807) is 21.3 Å². The van der Waals surface area contributed by atoms with E-state index < -0.39 is 0 Å². The Morgan fingerprint density at radius 1 is 1.23 bits per heavy atom. The van der Waals surface area contributed by atoms with E-state index in [1.165, 1.54) is 18.4 Å². The first-order valence-corrected chi connectivity index (χ1v) is 8.88. The largest absolute Gasteiger partial charge is 0.493 e. The summed E-state index contributed by atoms with van der Waals surface area (Å²) in [5.74, 6) is 3.20. The van der Waals surface area contributed by atoms with Crippen LogP contribution in [-0.2, 0) is 11.2 Å². The average molecular weight is 477 g/mol. The summed E-state index contributed by atoms with van der Waals surface area (Å²) in [6.45, 7) is 3.28. The van der Waals surface area contributed by atoms with E-state index >= 15 is 0 Å². The van der Waals surface area contributed by atoms with Gasteiger partial charge in [0.25, 0.3) is 0 Å². The van der Waals surface area contributed by atoms with Crippen molar-refractivity contribution in [3.63, 3.8) is 0 Å². The monoisotopic (exact) mass is 477 g/mol. The highest BCUT2D eigenvalue weighted by Gasteiger charge is 2.21. The normalized spacial score (nSPS) is 13.8. The Balaban J connectivity index is 0.00000338. The van der Waals surface area contributed by atoms with Gasteiger partial charge in [-0.15, -0.1) is 24.0 Å². The topological polar surface area (TPSA) is 55.3 Å². The van der Waals surface area contributed by atoms with Gasteiger partial charge in [-0.05, 0) is 42.9 Å². The third kappa shape index (κ3) is 7.57. The van der Waals surface area contributed by atoms with Crippen molar-refractivity contribution in [2.45, 2.75) is 19.3 Å². The van der Waals surface area contributed by atoms with Crippen molar-refractivity contribution in [3.05, 3.63) is 23.8 Å². The Morgan fingerprint density at radius 2 is 1.96 bits per heavy atom. The van der Waals surface area contributed by atoms with Crippen LogP contribution < -0.4 is 14.8 Å². The van der Waals surface area contributed by atoms with Gasteiger partial charge in [-0.1, -0.05) is 6.07 Å². The van der Waals surface area contributed by atoms with Gasteiger partial charge in [0.2, 0.25) is 0 Å². The molecule has 0 heterocycles. The molecule has 1 fully saturated rings. The van der Waals surface area contributed by atoms with E-state index in [0.717, 1.165) is 56.1 Å². The predicted octanol–water partition coefficient (Wildman–Crippen LogP) is 2.80. The fraction of sp³-hybridized carbons (Fsp3) is 0.632. The summed E-state index contributed by atoms with van der Waals surface area (Å²) in [6.07, 6.45) is 3.54. The molecule has 148 valence electrons. The Kier molecular flexibility index (Phi) is 10.7. The maximum absolute atomic E-state index is 5.69. The zero-order valence-corrected chi connectivity index (χ0v) is 18.6. The van der Waals surface area contributed by atoms with Crippen LogP contribution in [0, 0.1) is 5.92 Å². The van der Waals surface area contributed by atoms with Crippen LogP contribution in [0.15, 0.2) is 23.2 Å². The van der Waals surface area contributed by atoms with Crippen molar-refractivity contribution < 1.29 is 14.2 Å². The Bertz CT molecular complexity index is 565. The van der Waals surface area contributed by atoms with Gasteiger partial charge in [-0.2, -0.15) is 0 Å². The fourth-order valence-corrected chi connectivity index (χ4v) is 2.58. The molecule has 0 amide bonds. The maximum atomic E-state index is 5.69. The second-order valence-electron chi connectivity index (χ2n) is 6.35. The summed E-state index contributed by atoms with van der Waals surface area (Å²) in [6, 6.07) is 6.01. The summed E-state index contributed by atoms with van der Waals surface area (Å²) in [5.41, 5.74) is 1.19. The predicted molar refractivity (Wildman–Crippen MR) is 116 cm³/mol. The molecule has 0 spiro atoms. The third-order valence-corrected chi connectivity index (χ3v) is 4.34. The van der Waals surface area contributed by atoms with E-state index in [4.69, 9.17) is 14.2 Å². The van der Waals surface area contributed by atoms with E-state index in [-0.39, 0.29) is 24.0 Å². The molecule has 1 aromatic carbocycles. The highest BCUT2D eigenvalue weighted by molar-refractivity contribution is 14.0. The van der Waals surface area contributed by atoms with Gasteiger partial charge < -0.3 is 24.4 Å². The number of rotatable bonds is 10. The number of nitrogens with one attached hydrogen (secondary N) is 1. The molecule has 6 nitrogen and oxygen atoms in total. The standard InChI is InChI=1S/C19H31N3O3.HI/c1-20-19(22(2)11-12-25-14-16-5-6-16)21-10-9-15-7-8-17(23-3)18(13-15)24-4;/h7-8,13,16H,5-6,9-12,14H2,1-4H3,(H,20,21);1H. The number of nitrogens with zero attached hydrogens (tertiary/aromatic N) is 2. The van der Waals surface area contributed by atoms with E-state index in [9.17, 15) is 0 Å². The number of methoxy groups -OCH3 is 2. The van der Waals surface area contributed by atoms with E-state index in [0.29, 0.717) is 0 Å². The summed E-state index contributed by atoms with van der Waals surface area (Å²) in [4.78, 5) is 6.44. The lowest BCUT2D eigenvalue weighted by Crippen LogP contribution is -2.41. The van der Waals surface area contributed by atoms with Crippen molar-refractivity contribution in [1.29, 1.82) is 0 Å². The van der Waals surface area contributed by atoms with Crippen LogP contribution in [0.3, 0.4) is 0 Å². The first-order valence-electron chi connectivity index (χ1n) is 8.88. The number of guanidine groups is 1. The second-order valence-corrected chi connectivity index (χ2v) is 6.35. The van der Waals surface area contributed by atoms with Crippen molar-refractivity contribution >= 4 is 29.9 Å². The number of hydrogen-bond donors (Lipinski definition) is 1. The van der Waals surface area contributed by atoms with Crippen molar-refractivity contribution in [2.75, 3.05) is 54.6 Å². The first kappa shape index (κ1) is 22.8. The Labute approximate surface area is 174 Å².